The average molecular weight is 331 g/mol. The first-order valence-electron chi connectivity index (χ1n) is 9.85. The molecule has 0 rings (SSSR count). The van der Waals surface area contributed by atoms with Gasteiger partial charge >= 0.3 is 8.56 Å². The predicted octanol–water partition coefficient (Wildman–Crippen LogP) is 6.83. The summed E-state index contributed by atoms with van der Waals surface area (Å²) in [7, 11) is 1.85. The number of hydrogen-bond donors (Lipinski definition) is 0. The van der Waals surface area contributed by atoms with E-state index in [0.717, 1.165) is 0 Å². The molecule has 0 fully saturated rings. The van der Waals surface area contributed by atoms with Crippen molar-refractivity contribution < 1.29 is 8.85 Å². The number of hydrogen-bond acceptors (Lipinski definition) is 2. The molecule has 0 aromatic rings. The van der Waals surface area contributed by atoms with Crippen molar-refractivity contribution in [3.8, 4) is 0 Å². The molecule has 0 saturated heterocycles. The van der Waals surface area contributed by atoms with Crippen LogP contribution < -0.4 is 0 Å². The van der Waals surface area contributed by atoms with Gasteiger partial charge in [0.15, 0.2) is 0 Å². The van der Waals surface area contributed by atoms with Crippen LogP contribution in [0.15, 0.2) is 0 Å². The Morgan fingerprint density at radius 2 is 0.818 bits per heavy atom. The standard InChI is InChI=1S/C19H42O2Si/c1-5-7-9-11-12-13-14-15-17-19-22(20-3,21-4)18-16-10-8-6-2/h5-19H2,1-4H3. The Kier molecular flexibility index (Phi) is 16.1. The normalized spacial score (nSPS) is 12.0. The minimum atomic E-state index is -1.88. The van der Waals surface area contributed by atoms with Crippen LogP contribution in [0.2, 0.25) is 12.1 Å². The van der Waals surface area contributed by atoms with E-state index >= 15 is 0 Å². The lowest BCUT2D eigenvalue weighted by Crippen LogP contribution is -2.39. The van der Waals surface area contributed by atoms with Gasteiger partial charge in [-0.25, -0.2) is 0 Å². The summed E-state index contributed by atoms with van der Waals surface area (Å²) in [6.45, 7) is 4.55. The molecule has 0 aromatic carbocycles. The highest BCUT2D eigenvalue weighted by Gasteiger charge is 2.33. The molecule has 0 radical (unpaired) electrons. The Hall–Kier alpha value is 0.137. The quantitative estimate of drug-likeness (QED) is 0.215. The second-order valence-corrected chi connectivity index (χ2v) is 10.3. The monoisotopic (exact) mass is 330 g/mol. The van der Waals surface area contributed by atoms with Crippen molar-refractivity contribution in [2.24, 2.45) is 0 Å². The first-order valence-corrected chi connectivity index (χ1v) is 12.1. The molecule has 0 saturated carbocycles. The smallest absolute Gasteiger partial charge is 0.337 e. The van der Waals surface area contributed by atoms with E-state index in [9.17, 15) is 0 Å². The van der Waals surface area contributed by atoms with Gasteiger partial charge in [0.05, 0.1) is 0 Å². The maximum absolute atomic E-state index is 5.86. The second kappa shape index (κ2) is 16.0. The van der Waals surface area contributed by atoms with E-state index in [1.165, 1.54) is 95.6 Å². The Morgan fingerprint density at radius 1 is 0.500 bits per heavy atom. The van der Waals surface area contributed by atoms with Crippen LogP contribution in [-0.2, 0) is 8.85 Å². The van der Waals surface area contributed by atoms with E-state index in [4.69, 9.17) is 8.85 Å². The largest absolute Gasteiger partial charge is 0.398 e. The zero-order valence-electron chi connectivity index (χ0n) is 15.9. The molecule has 0 aliphatic heterocycles. The van der Waals surface area contributed by atoms with Crippen LogP contribution in [0.4, 0.5) is 0 Å². The van der Waals surface area contributed by atoms with Gasteiger partial charge in [0.2, 0.25) is 0 Å². The molecule has 0 bridgehead atoms. The summed E-state index contributed by atoms with van der Waals surface area (Å²) in [4.78, 5) is 0. The molecule has 3 heteroatoms. The highest BCUT2D eigenvalue weighted by molar-refractivity contribution is 6.67. The van der Waals surface area contributed by atoms with Gasteiger partial charge in [0.1, 0.15) is 0 Å². The number of unbranched alkanes of at least 4 members (excludes halogenated alkanes) is 11. The van der Waals surface area contributed by atoms with E-state index in [0.29, 0.717) is 0 Å². The highest BCUT2D eigenvalue weighted by atomic mass is 28.4. The van der Waals surface area contributed by atoms with Crippen LogP contribution in [0, 0.1) is 0 Å². The molecule has 0 spiro atoms. The second-order valence-electron chi connectivity index (χ2n) is 6.71. The van der Waals surface area contributed by atoms with E-state index in [1.807, 2.05) is 14.2 Å². The Labute approximate surface area is 141 Å². The van der Waals surface area contributed by atoms with Gasteiger partial charge in [-0.1, -0.05) is 97.3 Å². The molecule has 2 nitrogen and oxygen atoms in total. The molecule has 0 aliphatic carbocycles. The van der Waals surface area contributed by atoms with Gasteiger partial charge in [0.25, 0.3) is 0 Å². The molecule has 0 aromatic heterocycles. The van der Waals surface area contributed by atoms with Crippen molar-refractivity contribution >= 4 is 8.56 Å². The minimum absolute atomic E-state index is 1.18. The molecule has 0 amide bonds. The van der Waals surface area contributed by atoms with Crippen LogP contribution in [0.25, 0.3) is 0 Å². The first kappa shape index (κ1) is 22.1. The van der Waals surface area contributed by atoms with Gasteiger partial charge in [-0.2, -0.15) is 0 Å². The highest BCUT2D eigenvalue weighted by Crippen LogP contribution is 2.24. The number of rotatable bonds is 17. The third-order valence-corrected chi connectivity index (χ3v) is 8.54. The van der Waals surface area contributed by atoms with Crippen molar-refractivity contribution in [2.45, 2.75) is 109 Å². The van der Waals surface area contributed by atoms with Gasteiger partial charge in [-0.05, 0) is 12.1 Å². The summed E-state index contributed by atoms with van der Waals surface area (Å²) in [5.74, 6) is 0. The lowest BCUT2D eigenvalue weighted by atomic mass is 10.1. The van der Waals surface area contributed by atoms with Gasteiger partial charge in [-0.3, -0.25) is 0 Å². The third-order valence-electron chi connectivity index (χ3n) is 4.82. The maximum Gasteiger partial charge on any atom is 0.337 e. The molecule has 0 heterocycles. The summed E-state index contributed by atoms with van der Waals surface area (Å²) < 4.78 is 11.7. The van der Waals surface area contributed by atoms with Crippen LogP contribution in [0.5, 0.6) is 0 Å². The fourth-order valence-electron chi connectivity index (χ4n) is 3.14. The fourth-order valence-corrected chi connectivity index (χ4v) is 5.95. The van der Waals surface area contributed by atoms with E-state index in [2.05, 4.69) is 13.8 Å². The fraction of sp³-hybridized carbons (Fsp3) is 1.00. The Morgan fingerprint density at radius 3 is 1.18 bits per heavy atom. The molecule has 0 atom stereocenters. The van der Waals surface area contributed by atoms with Crippen molar-refractivity contribution in [3.05, 3.63) is 0 Å². The first-order chi connectivity index (χ1) is 10.7. The molecule has 0 unspecified atom stereocenters. The van der Waals surface area contributed by atoms with Crippen LogP contribution >= 0.6 is 0 Å². The molecule has 22 heavy (non-hydrogen) atoms. The average Bonchev–Trinajstić information content (AvgIpc) is 2.55. The SMILES string of the molecule is CCCCCCCCCCC[Si](CCCCCC)(OC)OC. The van der Waals surface area contributed by atoms with Crippen molar-refractivity contribution in [2.75, 3.05) is 14.2 Å². The molecular formula is C19H42O2Si. The summed E-state index contributed by atoms with van der Waals surface area (Å²) in [5.41, 5.74) is 0. The lowest BCUT2D eigenvalue weighted by molar-refractivity contribution is 0.238. The van der Waals surface area contributed by atoms with Crippen molar-refractivity contribution in [3.63, 3.8) is 0 Å². The Bertz CT molecular complexity index is 217. The van der Waals surface area contributed by atoms with Crippen LogP contribution in [0.1, 0.15) is 97.3 Å². The topological polar surface area (TPSA) is 18.5 Å². The van der Waals surface area contributed by atoms with Crippen LogP contribution in [0.3, 0.4) is 0 Å². The van der Waals surface area contributed by atoms with Crippen molar-refractivity contribution in [1.82, 2.24) is 0 Å². The minimum Gasteiger partial charge on any atom is -0.398 e. The van der Waals surface area contributed by atoms with Crippen molar-refractivity contribution in [1.29, 1.82) is 0 Å². The predicted molar refractivity (Wildman–Crippen MR) is 101 cm³/mol. The van der Waals surface area contributed by atoms with E-state index in [-0.39, 0.29) is 0 Å². The molecular weight excluding hydrogens is 288 g/mol. The zero-order chi connectivity index (χ0) is 16.5. The molecule has 0 N–H and O–H groups in total. The summed E-state index contributed by atoms with van der Waals surface area (Å²) in [5, 5.41) is 0. The summed E-state index contributed by atoms with van der Waals surface area (Å²) in [6, 6.07) is 2.36. The van der Waals surface area contributed by atoms with Gasteiger partial charge < -0.3 is 8.85 Å². The summed E-state index contributed by atoms with van der Waals surface area (Å²) in [6.07, 6.45) is 17.7. The van der Waals surface area contributed by atoms with Crippen LogP contribution in [-0.4, -0.2) is 22.8 Å². The van der Waals surface area contributed by atoms with E-state index in [1.54, 1.807) is 0 Å². The molecule has 0 aliphatic rings. The van der Waals surface area contributed by atoms with Gasteiger partial charge in [-0.15, -0.1) is 0 Å². The van der Waals surface area contributed by atoms with E-state index < -0.39 is 8.56 Å². The Balaban J connectivity index is 3.67. The summed E-state index contributed by atoms with van der Waals surface area (Å²) >= 11 is 0. The van der Waals surface area contributed by atoms with Gasteiger partial charge in [0, 0.05) is 14.2 Å². The zero-order valence-corrected chi connectivity index (χ0v) is 16.9. The third kappa shape index (κ3) is 11.7. The molecule has 134 valence electrons. The maximum atomic E-state index is 5.86. The lowest BCUT2D eigenvalue weighted by Gasteiger charge is -2.27.